The van der Waals surface area contributed by atoms with Gasteiger partial charge in [0.15, 0.2) is 0 Å². The molecule has 2 amide bonds. The molecule has 0 bridgehead atoms. The zero-order chi connectivity index (χ0) is 16.0. The van der Waals surface area contributed by atoms with Gasteiger partial charge in [-0.05, 0) is 46.2 Å². The van der Waals surface area contributed by atoms with Gasteiger partial charge in [0.2, 0.25) is 0 Å². The predicted octanol–water partition coefficient (Wildman–Crippen LogP) is 2.90. The molecular formula is C15H23FN2O3. The van der Waals surface area contributed by atoms with Crippen LogP contribution >= 0.6 is 0 Å². The second-order valence-electron chi connectivity index (χ2n) is 5.74. The topological polar surface area (TPSA) is 70.6 Å². The maximum absolute atomic E-state index is 13.3. The lowest BCUT2D eigenvalue weighted by molar-refractivity contribution is 0.218. The van der Waals surface area contributed by atoms with Crippen molar-refractivity contribution in [1.29, 1.82) is 0 Å². The quantitative estimate of drug-likeness (QED) is 0.756. The molecule has 0 radical (unpaired) electrons. The smallest absolute Gasteiger partial charge is 0.319 e. The summed E-state index contributed by atoms with van der Waals surface area (Å²) in [4.78, 5) is 12.0. The minimum Gasteiger partial charge on any atom is -0.489 e. The first-order valence-corrected chi connectivity index (χ1v) is 6.90. The Bertz CT molecular complexity index is 490. The molecule has 0 heterocycles. The van der Waals surface area contributed by atoms with Crippen molar-refractivity contribution < 1.29 is 19.0 Å². The van der Waals surface area contributed by atoms with E-state index in [1.54, 1.807) is 13.8 Å². The monoisotopic (exact) mass is 298 g/mol. The Labute approximate surface area is 124 Å². The molecule has 6 heteroatoms. The number of ether oxygens (including phenoxy) is 1. The van der Waals surface area contributed by atoms with Crippen LogP contribution in [0.1, 0.15) is 34.1 Å². The third-order valence-corrected chi connectivity index (χ3v) is 2.74. The standard InChI is InChI=1S/C15H23FN2O3/c1-10(2)21-13-6-5-11(16)9-12(13)17-14(20)18-15(3,4)7-8-19/h5-6,9-10,19H,7-8H2,1-4H3,(H2,17,18,20). The van der Waals surface area contributed by atoms with Gasteiger partial charge in [0, 0.05) is 18.2 Å². The van der Waals surface area contributed by atoms with Crippen LogP contribution in [0.3, 0.4) is 0 Å². The number of aliphatic hydroxyl groups is 1. The molecule has 0 aliphatic carbocycles. The number of urea groups is 1. The van der Waals surface area contributed by atoms with Crippen molar-refractivity contribution in [3.8, 4) is 5.75 Å². The van der Waals surface area contributed by atoms with Crippen LogP contribution in [0.15, 0.2) is 18.2 Å². The van der Waals surface area contributed by atoms with Crippen LogP contribution in [-0.4, -0.2) is 29.4 Å². The Morgan fingerprint density at radius 1 is 1.43 bits per heavy atom. The van der Waals surface area contributed by atoms with Crippen LogP contribution < -0.4 is 15.4 Å². The normalized spacial score (nSPS) is 11.4. The van der Waals surface area contributed by atoms with E-state index in [1.807, 2.05) is 13.8 Å². The SMILES string of the molecule is CC(C)Oc1ccc(F)cc1NC(=O)NC(C)(C)CCO. The van der Waals surface area contributed by atoms with Gasteiger partial charge in [0.05, 0.1) is 11.8 Å². The summed E-state index contributed by atoms with van der Waals surface area (Å²) in [6.07, 6.45) is 0.323. The molecular weight excluding hydrogens is 275 g/mol. The van der Waals surface area contributed by atoms with E-state index < -0.39 is 17.4 Å². The third kappa shape index (κ3) is 5.99. The number of amides is 2. The lowest BCUT2D eigenvalue weighted by atomic mass is 10.0. The van der Waals surface area contributed by atoms with Crippen molar-refractivity contribution in [2.45, 2.75) is 45.8 Å². The lowest BCUT2D eigenvalue weighted by Crippen LogP contribution is -2.46. The Morgan fingerprint density at radius 3 is 2.67 bits per heavy atom. The van der Waals surface area contributed by atoms with Crippen molar-refractivity contribution in [1.82, 2.24) is 5.32 Å². The minimum atomic E-state index is -0.564. The maximum Gasteiger partial charge on any atom is 0.319 e. The highest BCUT2D eigenvalue weighted by Gasteiger charge is 2.20. The highest BCUT2D eigenvalue weighted by Crippen LogP contribution is 2.26. The van der Waals surface area contributed by atoms with E-state index in [9.17, 15) is 9.18 Å². The predicted molar refractivity (Wildman–Crippen MR) is 80.1 cm³/mol. The lowest BCUT2D eigenvalue weighted by Gasteiger charge is -2.25. The number of hydrogen-bond donors (Lipinski definition) is 3. The Kier molecular flexibility index (Phi) is 5.96. The van der Waals surface area contributed by atoms with Crippen molar-refractivity contribution in [2.24, 2.45) is 0 Å². The fourth-order valence-corrected chi connectivity index (χ4v) is 1.76. The van der Waals surface area contributed by atoms with E-state index in [0.717, 1.165) is 0 Å². The van der Waals surface area contributed by atoms with E-state index in [0.29, 0.717) is 12.2 Å². The van der Waals surface area contributed by atoms with Crippen LogP contribution in [0.4, 0.5) is 14.9 Å². The average Bonchev–Trinajstić information content (AvgIpc) is 2.31. The molecule has 1 aromatic rings. The minimum absolute atomic E-state index is 0.0328. The highest BCUT2D eigenvalue weighted by atomic mass is 19.1. The van der Waals surface area contributed by atoms with Crippen molar-refractivity contribution in [3.05, 3.63) is 24.0 Å². The van der Waals surface area contributed by atoms with Crippen LogP contribution in [0.5, 0.6) is 5.75 Å². The van der Waals surface area contributed by atoms with Crippen LogP contribution in [0, 0.1) is 5.82 Å². The number of benzene rings is 1. The number of carbonyl (C=O) groups is 1. The van der Waals surface area contributed by atoms with Gasteiger partial charge < -0.3 is 20.5 Å². The zero-order valence-corrected chi connectivity index (χ0v) is 12.9. The summed E-state index contributed by atoms with van der Waals surface area (Å²) < 4.78 is 18.9. The summed E-state index contributed by atoms with van der Waals surface area (Å²) in [7, 11) is 0. The second kappa shape index (κ2) is 7.26. The van der Waals surface area contributed by atoms with Crippen molar-refractivity contribution in [3.63, 3.8) is 0 Å². The molecule has 0 aliphatic rings. The van der Waals surface area contributed by atoms with Gasteiger partial charge in [0.1, 0.15) is 11.6 Å². The second-order valence-corrected chi connectivity index (χ2v) is 5.74. The molecule has 1 rings (SSSR count). The number of nitrogens with one attached hydrogen (secondary N) is 2. The van der Waals surface area contributed by atoms with E-state index in [2.05, 4.69) is 10.6 Å². The number of anilines is 1. The van der Waals surface area contributed by atoms with Crippen LogP contribution in [0.25, 0.3) is 0 Å². The molecule has 3 N–H and O–H groups in total. The van der Waals surface area contributed by atoms with Gasteiger partial charge in [0.25, 0.3) is 0 Å². The number of hydrogen-bond acceptors (Lipinski definition) is 3. The van der Waals surface area contributed by atoms with E-state index >= 15 is 0 Å². The number of rotatable bonds is 6. The fraction of sp³-hybridized carbons (Fsp3) is 0.533. The summed E-state index contributed by atoms with van der Waals surface area (Å²) in [5.41, 5.74) is -0.299. The average molecular weight is 298 g/mol. The van der Waals surface area contributed by atoms with Gasteiger partial charge in [-0.25, -0.2) is 9.18 Å². The van der Waals surface area contributed by atoms with Crippen molar-refractivity contribution >= 4 is 11.7 Å². The fourth-order valence-electron chi connectivity index (χ4n) is 1.76. The van der Waals surface area contributed by atoms with Crippen molar-refractivity contribution in [2.75, 3.05) is 11.9 Å². The molecule has 118 valence electrons. The van der Waals surface area contributed by atoms with Gasteiger partial charge in [-0.1, -0.05) is 0 Å². The molecule has 0 fully saturated rings. The van der Waals surface area contributed by atoms with Crippen LogP contribution in [-0.2, 0) is 0 Å². The molecule has 0 aromatic heterocycles. The first-order valence-electron chi connectivity index (χ1n) is 6.90. The Hall–Kier alpha value is -1.82. The molecule has 0 atom stereocenters. The number of halogens is 1. The van der Waals surface area contributed by atoms with Gasteiger partial charge in [-0.2, -0.15) is 0 Å². The summed E-state index contributed by atoms with van der Waals surface area (Å²) in [6.45, 7) is 7.24. The van der Waals surface area contributed by atoms with Gasteiger partial charge >= 0.3 is 6.03 Å². The number of carbonyl (C=O) groups excluding carboxylic acids is 1. The van der Waals surface area contributed by atoms with E-state index in [1.165, 1.54) is 18.2 Å². The molecule has 0 unspecified atom stereocenters. The summed E-state index contributed by atoms with van der Waals surface area (Å²) in [6, 6.07) is 3.48. The number of aliphatic hydroxyl groups excluding tert-OH is 1. The first-order chi connectivity index (χ1) is 9.73. The summed E-state index contributed by atoms with van der Waals surface area (Å²) in [5.74, 6) is -0.0578. The highest BCUT2D eigenvalue weighted by molar-refractivity contribution is 5.91. The van der Waals surface area contributed by atoms with Gasteiger partial charge in [-0.15, -0.1) is 0 Å². The van der Waals surface area contributed by atoms with Gasteiger partial charge in [-0.3, -0.25) is 0 Å². The maximum atomic E-state index is 13.3. The first kappa shape index (κ1) is 17.2. The molecule has 5 nitrogen and oxygen atoms in total. The zero-order valence-electron chi connectivity index (χ0n) is 12.9. The molecule has 1 aromatic carbocycles. The molecule has 21 heavy (non-hydrogen) atoms. The Balaban J connectivity index is 2.81. The van der Waals surface area contributed by atoms with E-state index in [4.69, 9.17) is 9.84 Å². The molecule has 0 aliphatic heterocycles. The molecule has 0 saturated carbocycles. The molecule has 0 saturated heterocycles. The third-order valence-electron chi connectivity index (χ3n) is 2.74. The van der Waals surface area contributed by atoms with Crippen LogP contribution in [0.2, 0.25) is 0 Å². The largest absolute Gasteiger partial charge is 0.489 e. The van der Waals surface area contributed by atoms with E-state index in [-0.39, 0.29) is 18.4 Å². The summed E-state index contributed by atoms with van der Waals surface area (Å²) in [5, 5.41) is 14.2. The summed E-state index contributed by atoms with van der Waals surface area (Å²) >= 11 is 0. The molecule has 0 spiro atoms. The Morgan fingerprint density at radius 2 is 2.10 bits per heavy atom.